The van der Waals surface area contributed by atoms with Crippen LogP contribution in [-0.2, 0) is 0 Å². The van der Waals surface area contributed by atoms with Crippen molar-refractivity contribution in [3.8, 4) is 5.75 Å². The lowest BCUT2D eigenvalue weighted by Crippen LogP contribution is -2.45. The molecule has 0 spiro atoms. The number of rotatable bonds is 6. The van der Waals surface area contributed by atoms with E-state index in [0.29, 0.717) is 17.6 Å². The standard InChI is InChI=1S/C17H24ClN3O.HI/c1-3-14(22-16-11-7-6-10-15(16)18)12-20-17(19-2)21-13-8-4-5-9-13;/h4-7,10-11,13-14H,3,8-9,12H2,1-2H3,(H2,19,20,21);1H. The van der Waals surface area contributed by atoms with Crippen molar-refractivity contribution in [3.63, 3.8) is 0 Å². The number of hydrogen-bond acceptors (Lipinski definition) is 2. The van der Waals surface area contributed by atoms with E-state index in [4.69, 9.17) is 16.3 Å². The Kier molecular flexibility index (Phi) is 9.40. The van der Waals surface area contributed by atoms with Gasteiger partial charge >= 0.3 is 0 Å². The van der Waals surface area contributed by atoms with Crippen molar-refractivity contribution in [1.82, 2.24) is 10.6 Å². The van der Waals surface area contributed by atoms with Gasteiger partial charge in [0.15, 0.2) is 5.96 Å². The summed E-state index contributed by atoms with van der Waals surface area (Å²) < 4.78 is 5.97. The van der Waals surface area contributed by atoms with E-state index in [1.807, 2.05) is 24.3 Å². The monoisotopic (exact) mass is 449 g/mol. The number of benzene rings is 1. The molecule has 6 heteroatoms. The van der Waals surface area contributed by atoms with Crippen molar-refractivity contribution < 1.29 is 4.74 Å². The van der Waals surface area contributed by atoms with E-state index in [2.05, 4.69) is 34.7 Å². The fourth-order valence-corrected chi connectivity index (χ4v) is 2.50. The molecule has 0 saturated heterocycles. The third-order valence-electron chi connectivity index (χ3n) is 3.66. The maximum Gasteiger partial charge on any atom is 0.191 e. The Morgan fingerprint density at radius 1 is 1.35 bits per heavy atom. The number of guanidine groups is 1. The molecule has 0 aliphatic heterocycles. The van der Waals surface area contributed by atoms with Crippen LogP contribution < -0.4 is 15.4 Å². The van der Waals surface area contributed by atoms with Crippen LogP contribution in [0.3, 0.4) is 0 Å². The first-order valence-corrected chi connectivity index (χ1v) is 8.14. The van der Waals surface area contributed by atoms with Gasteiger partial charge in [0.05, 0.1) is 11.6 Å². The van der Waals surface area contributed by atoms with E-state index in [-0.39, 0.29) is 30.1 Å². The summed E-state index contributed by atoms with van der Waals surface area (Å²) in [5, 5.41) is 7.38. The van der Waals surface area contributed by atoms with Crippen molar-refractivity contribution in [2.45, 2.75) is 38.3 Å². The Bertz CT molecular complexity index is 528. The number of halogens is 2. The molecule has 1 aliphatic rings. The van der Waals surface area contributed by atoms with Crippen molar-refractivity contribution in [2.75, 3.05) is 13.6 Å². The summed E-state index contributed by atoms with van der Waals surface area (Å²) in [6.07, 6.45) is 7.42. The van der Waals surface area contributed by atoms with Gasteiger partial charge in [0.1, 0.15) is 11.9 Å². The predicted octanol–water partition coefficient (Wildman–Crippen LogP) is 4.00. The highest BCUT2D eigenvalue weighted by Gasteiger charge is 2.14. The fourth-order valence-electron chi connectivity index (χ4n) is 2.32. The summed E-state index contributed by atoms with van der Waals surface area (Å²) in [5.41, 5.74) is 0. The van der Waals surface area contributed by atoms with Gasteiger partial charge in [0, 0.05) is 13.1 Å². The molecule has 2 rings (SSSR count). The first-order valence-electron chi connectivity index (χ1n) is 7.76. The molecule has 1 unspecified atom stereocenters. The van der Waals surface area contributed by atoms with Crippen LogP contribution in [0.1, 0.15) is 26.2 Å². The van der Waals surface area contributed by atoms with Crippen LogP contribution >= 0.6 is 35.6 Å². The second-order valence-corrected chi connectivity index (χ2v) is 5.72. The van der Waals surface area contributed by atoms with Crippen LogP contribution in [0.2, 0.25) is 5.02 Å². The van der Waals surface area contributed by atoms with Gasteiger partial charge in [0.2, 0.25) is 0 Å². The minimum atomic E-state index is 0. The molecule has 1 atom stereocenters. The SMILES string of the molecule is CCC(CNC(=NC)NC1CC=CC1)Oc1ccccc1Cl.I. The van der Waals surface area contributed by atoms with Crippen LogP contribution in [0.4, 0.5) is 0 Å². The van der Waals surface area contributed by atoms with Crippen LogP contribution in [0.25, 0.3) is 0 Å². The first-order chi connectivity index (χ1) is 10.7. The van der Waals surface area contributed by atoms with E-state index in [1.165, 1.54) is 0 Å². The van der Waals surface area contributed by atoms with E-state index in [1.54, 1.807) is 7.05 Å². The van der Waals surface area contributed by atoms with Gasteiger partial charge in [-0.3, -0.25) is 4.99 Å². The Morgan fingerprint density at radius 2 is 2.04 bits per heavy atom. The lowest BCUT2D eigenvalue weighted by molar-refractivity contribution is 0.199. The molecule has 0 saturated carbocycles. The Hall–Kier alpha value is -0.950. The van der Waals surface area contributed by atoms with Crippen LogP contribution in [0.15, 0.2) is 41.4 Å². The molecular weight excluding hydrogens is 425 g/mol. The van der Waals surface area contributed by atoms with E-state index in [9.17, 15) is 0 Å². The number of ether oxygens (including phenoxy) is 1. The van der Waals surface area contributed by atoms with Crippen molar-refractivity contribution in [1.29, 1.82) is 0 Å². The molecule has 1 aliphatic carbocycles. The summed E-state index contributed by atoms with van der Waals surface area (Å²) in [4.78, 5) is 4.27. The van der Waals surface area contributed by atoms with Gasteiger partial charge < -0.3 is 15.4 Å². The fraction of sp³-hybridized carbons (Fsp3) is 0.471. The van der Waals surface area contributed by atoms with Crippen LogP contribution in [0.5, 0.6) is 5.75 Å². The normalized spacial score (nSPS) is 15.9. The zero-order valence-corrected chi connectivity index (χ0v) is 16.7. The quantitative estimate of drug-likeness (QED) is 0.299. The highest BCUT2D eigenvalue weighted by atomic mass is 127. The summed E-state index contributed by atoms with van der Waals surface area (Å²) >= 11 is 6.14. The highest BCUT2D eigenvalue weighted by molar-refractivity contribution is 14.0. The van der Waals surface area contributed by atoms with E-state index < -0.39 is 0 Å². The molecule has 0 fully saturated rings. The minimum absolute atomic E-state index is 0. The topological polar surface area (TPSA) is 45.7 Å². The average Bonchev–Trinajstić information content (AvgIpc) is 3.04. The van der Waals surface area contributed by atoms with Gasteiger partial charge in [-0.1, -0.05) is 42.8 Å². The Labute approximate surface area is 160 Å². The molecule has 1 aromatic carbocycles. The van der Waals surface area contributed by atoms with Gasteiger partial charge in [-0.15, -0.1) is 24.0 Å². The van der Waals surface area contributed by atoms with Crippen molar-refractivity contribution in [2.24, 2.45) is 4.99 Å². The molecule has 0 radical (unpaired) electrons. The molecule has 128 valence electrons. The van der Waals surface area contributed by atoms with Gasteiger partial charge in [-0.25, -0.2) is 0 Å². The van der Waals surface area contributed by atoms with E-state index in [0.717, 1.165) is 31.0 Å². The minimum Gasteiger partial charge on any atom is -0.487 e. The molecule has 23 heavy (non-hydrogen) atoms. The van der Waals surface area contributed by atoms with Crippen molar-refractivity contribution in [3.05, 3.63) is 41.4 Å². The first kappa shape index (κ1) is 20.1. The summed E-state index contributed by atoms with van der Waals surface area (Å²) in [6, 6.07) is 7.99. The molecular formula is C17H25ClIN3O. The molecule has 0 heterocycles. The lowest BCUT2D eigenvalue weighted by atomic mass is 10.2. The summed E-state index contributed by atoms with van der Waals surface area (Å²) in [6.45, 7) is 2.78. The zero-order valence-electron chi connectivity index (χ0n) is 13.6. The number of hydrogen-bond donors (Lipinski definition) is 2. The molecule has 1 aromatic rings. The lowest BCUT2D eigenvalue weighted by Gasteiger charge is -2.22. The predicted molar refractivity (Wildman–Crippen MR) is 108 cm³/mol. The summed E-state index contributed by atoms with van der Waals surface area (Å²) in [5.74, 6) is 1.54. The molecule has 4 nitrogen and oxygen atoms in total. The summed E-state index contributed by atoms with van der Waals surface area (Å²) in [7, 11) is 1.79. The van der Waals surface area contributed by atoms with Crippen LogP contribution in [-0.4, -0.2) is 31.7 Å². The second kappa shape index (κ2) is 10.8. The number of nitrogens with one attached hydrogen (secondary N) is 2. The van der Waals surface area contributed by atoms with Crippen LogP contribution in [0, 0.1) is 0 Å². The molecule has 0 bridgehead atoms. The molecule has 2 N–H and O–H groups in total. The Balaban J connectivity index is 0.00000264. The van der Waals surface area contributed by atoms with Crippen molar-refractivity contribution >= 4 is 41.5 Å². The molecule has 0 aromatic heterocycles. The van der Waals surface area contributed by atoms with Gasteiger partial charge in [-0.2, -0.15) is 0 Å². The highest BCUT2D eigenvalue weighted by Crippen LogP contribution is 2.24. The van der Waals surface area contributed by atoms with Gasteiger partial charge in [0.25, 0.3) is 0 Å². The number of aliphatic imine (C=N–C) groups is 1. The second-order valence-electron chi connectivity index (χ2n) is 5.32. The molecule has 0 amide bonds. The maximum absolute atomic E-state index is 6.14. The number of para-hydroxylation sites is 1. The average molecular weight is 450 g/mol. The zero-order chi connectivity index (χ0) is 15.8. The third-order valence-corrected chi connectivity index (χ3v) is 3.97. The maximum atomic E-state index is 6.14. The van der Waals surface area contributed by atoms with Gasteiger partial charge in [-0.05, 0) is 31.4 Å². The smallest absolute Gasteiger partial charge is 0.191 e. The third kappa shape index (κ3) is 6.59. The van der Waals surface area contributed by atoms with E-state index >= 15 is 0 Å². The largest absolute Gasteiger partial charge is 0.487 e. The number of nitrogens with zero attached hydrogens (tertiary/aromatic N) is 1. The Morgan fingerprint density at radius 3 is 2.65 bits per heavy atom.